The van der Waals surface area contributed by atoms with Gasteiger partial charge in [0.15, 0.2) is 0 Å². The zero-order chi connectivity index (χ0) is 19.4. The fourth-order valence-electron chi connectivity index (χ4n) is 5.75. The number of hydrogen-bond acceptors (Lipinski definition) is 5. The van der Waals surface area contributed by atoms with Crippen molar-refractivity contribution in [2.45, 2.75) is 68.7 Å². The predicted molar refractivity (Wildman–Crippen MR) is 101 cm³/mol. The first kappa shape index (κ1) is 17.6. The SMILES string of the molecule is N#CC1CC2CC2N1C(=O)[C@@H](N)C1CC2CC[C@@H](C1)N2C(=O)c1cccnc1. The van der Waals surface area contributed by atoms with Crippen molar-refractivity contribution < 1.29 is 9.59 Å². The van der Waals surface area contributed by atoms with Crippen molar-refractivity contribution in [1.82, 2.24) is 14.8 Å². The van der Waals surface area contributed by atoms with Crippen molar-refractivity contribution in [1.29, 1.82) is 5.26 Å². The third kappa shape index (κ3) is 2.70. The van der Waals surface area contributed by atoms with E-state index in [0.29, 0.717) is 11.5 Å². The van der Waals surface area contributed by atoms with Gasteiger partial charge in [-0.25, -0.2) is 0 Å². The third-order valence-corrected chi connectivity index (χ3v) is 7.21. The molecule has 0 aromatic carbocycles. The molecule has 4 aliphatic rings. The summed E-state index contributed by atoms with van der Waals surface area (Å²) in [6, 6.07) is 5.47. The molecule has 0 radical (unpaired) electrons. The van der Waals surface area contributed by atoms with Crippen LogP contribution in [-0.4, -0.2) is 56.8 Å². The van der Waals surface area contributed by atoms with E-state index in [1.54, 1.807) is 29.4 Å². The molecule has 2 N–H and O–H groups in total. The lowest BCUT2D eigenvalue weighted by Gasteiger charge is -2.41. The summed E-state index contributed by atoms with van der Waals surface area (Å²) in [5.41, 5.74) is 7.06. The maximum atomic E-state index is 13.1. The lowest BCUT2D eigenvalue weighted by molar-refractivity contribution is -0.135. The van der Waals surface area contributed by atoms with Gasteiger partial charge in [0.1, 0.15) is 6.04 Å². The van der Waals surface area contributed by atoms with Crippen molar-refractivity contribution in [3.63, 3.8) is 0 Å². The molecule has 1 aromatic heterocycles. The molecule has 0 spiro atoms. The average molecular weight is 379 g/mol. The molecule has 7 atom stereocenters. The van der Waals surface area contributed by atoms with E-state index in [4.69, 9.17) is 5.73 Å². The molecule has 3 aliphatic heterocycles. The van der Waals surface area contributed by atoms with Crippen LogP contribution in [0.2, 0.25) is 0 Å². The number of amides is 2. The Kier molecular flexibility index (Phi) is 4.13. The van der Waals surface area contributed by atoms with Crippen molar-refractivity contribution in [2.24, 2.45) is 17.6 Å². The smallest absolute Gasteiger partial charge is 0.255 e. The van der Waals surface area contributed by atoms with Crippen LogP contribution in [0.5, 0.6) is 0 Å². The van der Waals surface area contributed by atoms with Crippen molar-refractivity contribution in [3.05, 3.63) is 30.1 Å². The number of rotatable bonds is 3. The molecule has 146 valence electrons. The van der Waals surface area contributed by atoms with Crippen molar-refractivity contribution in [3.8, 4) is 6.07 Å². The summed E-state index contributed by atoms with van der Waals surface area (Å²) in [7, 11) is 0. The van der Waals surface area contributed by atoms with E-state index in [9.17, 15) is 14.9 Å². The van der Waals surface area contributed by atoms with E-state index >= 15 is 0 Å². The molecule has 4 fully saturated rings. The van der Waals surface area contributed by atoms with Gasteiger partial charge in [-0.2, -0.15) is 5.26 Å². The fraction of sp³-hybridized carbons (Fsp3) is 0.619. The summed E-state index contributed by atoms with van der Waals surface area (Å²) >= 11 is 0. The van der Waals surface area contributed by atoms with Crippen LogP contribution in [0.4, 0.5) is 0 Å². The second kappa shape index (κ2) is 6.56. The number of nitrogens with two attached hydrogens (primary N) is 1. The van der Waals surface area contributed by atoms with Crippen LogP contribution >= 0.6 is 0 Å². The predicted octanol–water partition coefficient (Wildman–Crippen LogP) is 1.31. The third-order valence-electron chi connectivity index (χ3n) is 7.21. The Morgan fingerprint density at radius 1 is 1.18 bits per heavy atom. The molecule has 2 bridgehead atoms. The van der Waals surface area contributed by atoms with Crippen molar-refractivity contribution in [2.75, 3.05) is 0 Å². The minimum absolute atomic E-state index is 0.0313. The first-order valence-corrected chi connectivity index (χ1v) is 10.3. The molecule has 2 amide bonds. The highest BCUT2D eigenvalue weighted by Crippen LogP contribution is 2.48. The van der Waals surface area contributed by atoms with E-state index in [1.807, 2.05) is 4.90 Å². The molecule has 4 heterocycles. The first-order chi connectivity index (χ1) is 13.6. The number of fused-ring (bicyclic) bond motifs is 3. The summed E-state index contributed by atoms with van der Waals surface area (Å²) in [6.45, 7) is 0. The highest BCUT2D eigenvalue weighted by atomic mass is 16.2. The first-order valence-electron chi connectivity index (χ1n) is 10.3. The quantitative estimate of drug-likeness (QED) is 0.853. The lowest BCUT2D eigenvalue weighted by Crippen LogP contribution is -2.55. The maximum absolute atomic E-state index is 13.1. The van der Waals surface area contributed by atoms with Crippen LogP contribution in [0.25, 0.3) is 0 Å². The number of piperidine rings is 2. The number of nitrogens with zero attached hydrogens (tertiary/aromatic N) is 4. The average Bonchev–Trinajstić information content (AvgIpc) is 3.32. The molecule has 28 heavy (non-hydrogen) atoms. The number of carbonyl (C=O) groups is 2. The molecule has 5 unspecified atom stereocenters. The molecule has 7 nitrogen and oxygen atoms in total. The Hall–Kier alpha value is -2.46. The van der Waals surface area contributed by atoms with Gasteiger partial charge in [0.05, 0.1) is 17.7 Å². The molecule has 3 saturated heterocycles. The molecular weight excluding hydrogens is 354 g/mol. The minimum atomic E-state index is -0.575. The Bertz CT molecular complexity index is 823. The summed E-state index contributed by atoms with van der Waals surface area (Å²) in [6.07, 6.45) is 8.53. The van der Waals surface area contributed by atoms with Crippen molar-refractivity contribution >= 4 is 11.8 Å². The zero-order valence-corrected chi connectivity index (χ0v) is 15.8. The monoisotopic (exact) mass is 379 g/mol. The van der Waals surface area contributed by atoms with E-state index in [0.717, 1.165) is 38.5 Å². The van der Waals surface area contributed by atoms with Crippen LogP contribution in [0, 0.1) is 23.2 Å². The van der Waals surface area contributed by atoms with Gasteiger partial charge in [-0.05, 0) is 62.5 Å². The number of likely N-dealkylation sites (tertiary alicyclic amines) is 1. The normalized spacial score (nSPS) is 36.6. The van der Waals surface area contributed by atoms with E-state index in [2.05, 4.69) is 11.1 Å². The Morgan fingerprint density at radius 3 is 2.57 bits per heavy atom. The second-order valence-corrected chi connectivity index (χ2v) is 8.79. The molecule has 1 saturated carbocycles. The van der Waals surface area contributed by atoms with Gasteiger partial charge in [-0.3, -0.25) is 14.6 Å². The largest absolute Gasteiger partial charge is 0.333 e. The number of carbonyl (C=O) groups excluding carboxylic acids is 2. The lowest BCUT2D eigenvalue weighted by atomic mass is 9.84. The second-order valence-electron chi connectivity index (χ2n) is 8.79. The van der Waals surface area contributed by atoms with Crippen LogP contribution in [0.3, 0.4) is 0 Å². The van der Waals surface area contributed by atoms with Crippen LogP contribution < -0.4 is 5.73 Å². The summed E-state index contributed by atoms with van der Waals surface area (Å²) in [5.74, 6) is 0.535. The Labute approximate surface area is 164 Å². The molecule has 1 aliphatic carbocycles. The van der Waals surface area contributed by atoms with Crippen LogP contribution in [-0.2, 0) is 4.79 Å². The summed E-state index contributed by atoms with van der Waals surface area (Å²) < 4.78 is 0. The Morgan fingerprint density at radius 2 is 1.93 bits per heavy atom. The maximum Gasteiger partial charge on any atom is 0.255 e. The number of pyridine rings is 1. The van der Waals surface area contributed by atoms with E-state index < -0.39 is 6.04 Å². The van der Waals surface area contributed by atoms with E-state index in [1.165, 1.54) is 0 Å². The number of aromatic nitrogens is 1. The molecule has 7 heteroatoms. The van der Waals surface area contributed by atoms with Gasteiger partial charge in [0.25, 0.3) is 5.91 Å². The molecule has 5 rings (SSSR count). The number of hydrogen-bond donors (Lipinski definition) is 1. The van der Waals surface area contributed by atoms with Crippen LogP contribution in [0.15, 0.2) is 24.5 Å². The highest BCUT2D eigenvalue weighted by molar-refractivity contribution is 5.94. The highest BCUT2D eigenvalue weighted by Gasteiger charge is 2.56. The van der Waals surface area contributed by atoms with Crippen LogP contribution in [0.1, 0.15) is 48.9 Å². The van der Waals surface area contributed by atoms with E-state index in [-0.39, 0.29) is 41.9 Å². The number of nitriles is 1. The summed E-state index contributed by atoms with van der Waals surface area (Å²) in [4.78, 5) is 33.9. The zero-order valence-electron chi connectivity index (χ0n) is 15.8. The summed E-state index contributed by atoms with van der Waals surface area (Å²) in [5, 5.41) is 9.38. The van der Waals surface area contributed by atoms with Gasteiger partial charge in [-0.1, -0.05) is 0 Å². The van der Waals surface area contributed by atoms with Gasteiger partial charge in [0, 0.05) is 30.5 Å². The van der Waals surface area contributed by atoms with Gasteiger partial charge >= 0.3 is 0 Å². The molecular formula is C21H25N5O2. The standard InChI is InChI=1S/C21H25N5O2/c22-10-17-6-13-9-18(13)26(17)21(28)19(23)14-7-15-3-4-16(8-14)25(15)20(27)12-2-1-5-24-11-12/h1-2,5,11,13-19H,3-4,6-9,23H2/t13?,14?,15-,16?,17?,18?,19-/m0/s1. The van der Waals surface area contributed by atoms with Gasteiger partial charge < -0.3 is 15.5 Å². The van der Waals surface area contributed by atoms with Gasteiger partial charge in [0.2, 0.25) is 5.91 Å². The fourth-order valence-corrected chi connectivity index (χ4v) is 5.75. The minimum Gasteiger partial charge on any atom is -0.333 e. The topological polar surface area (TPSA) is 103 Å². The molecule has 1 aromatic rings. The Balaban J connectivity index is 1.29. The van der Waals surface area contributed by atoms with Gasteiger partial charge in [-0.15, -0.1) is 0 Å².